The first-order valence-electron chi connectivity index (χ1n) is 5.54. The highest BCUT2D eigenvalue weighted by molar-refractivity contribution is 7.86. The fourth-order valence-corrected chi connectivity index (χ4v) is 2.31. The van der Waals surface area contributed by atoms with E-state index in [9.17, 15) is 8.42 Å². The Balaban J connectivity index is 2.81. The van der Waals surface area contributed by atoms with E-state index in [0.717, 1.165) is 5.56 Å². The highest BCUT2D eigenvalue weighted by atomic mass is 32.2. The molecule has 1 unspecified atom stereocenters. The largest absolute Gasteiger partial charge is 0.339 e. The summed E-state index contributed by atoms with van der Waals surface area (Å²) in [4.78, 5) is 0.107. The average Bonchev–Trinajstić information content (AvgIpc) is 2.35. The zero-order chi connectivity index (χ0) is 13.6. The minimum Gasteiger partial charge on any atom is -0.339 e. The second-order valence-electron chi connectivity index (χ2n) is 3.72. The molecule has 0 fully saturated rings. The van der Waals surface area contributed by atoms with Crippen molar-refractivity contribution in [1.82, 2.24) is 0 Å². The summed E-state index contributed by atoms with van der Waals surface area (Å²) in [7, 11) is -3.81. The highest BCUT2D eigenvalue weighted by Gasteiger charge is 2.20. The number of hydrogen-bond donors (Lipinski definition) is 0. The molecule has 0 aliphatic heterocycles. The predicted octanol–water partition coefficient (Wildman–Crippen LogP) is 2.09. The summed E-state index contributed by atoms with van der Waals surface area (Å²) in [5.41, 5.74) is 0.976. The molecule has 0 aromatic heterocycles. The minimum absolute atomic E-state index is 0.0158. The van der Waals surface area contributed by atoms with Gasteiger partial charge in [-0.25, -0.2) is 4.18 Å². The lowest BCUT2D eigenvalue weighted by Crippen LogP contribution is -2.21. The van der Waals surface area contributed by atoms with E-state index in [0.29, 0.717) is 6.42 Å². The Kier molecular flexibility index (Phi) is 5.35. The Hall–Kier alpha value is -1.35. The molecule has 0 N–H and O–H groups in total. The summed E-state index contributed by atoms with van der Waals surface area (Å²) in [6.07, 6.45) is 4.58. The van der Waals surface area contributed by atoms with E-state index in [1.807, 2.05) is 6.92 Å². The van der Waals surface area contributed by atoms with Gasteiger partial charge in [0.05, 0.1) is 4.90 Å². The molecule has 0 saturated carbocycles. The van der Waals surface area contributed by atoms with Crippen LogP contribution in [0.5, 0.6) is 0 Å². The summed E-state index contributed by atoms with van der Waals surface area (Å²) < 4.78 is 33.9. The number of aryl methyl sites for hydroxylation is 1. The molecular formula is C13H16O4S. The highest BCUT2D eigenvalue weighted by Crippen LogP contribution is 2.16. The minimum atomic E-state index is -3.81. The van der Waals surface area contributed by atoms with Crippen LogP contribution in [0.2, 0.25) is 0 Å². The van der Waals surface area contributed by atoms with Crippen LogP contribution >= 0.6 is 0 Å². The van der Waals surface area contributed by atoms with Gasteiger partial charge in [0.2, 0.25) is 0 Å². The smallest absolute Gasteiger partial charge is 0.299 e. The number of rotatable bonds is 6. The van der Waals surface area contributed by atoms with Crippen LogP contribution in [0.4, 0.5) is 0 Å². The quantitative estimate of drug-likeness (QED) is 0.450. The van der Waals surface area contributed by atoms with Gasteiger partial charge in [-0.15, -0.1) is 6.42 Å². The normalized spacial score (nSPS) is 12.9. The predicted molar refractivity (Wildman–Crippen MR) is 68.3 cm³/mol. The van der Waals surface area contributed by atoms with Gasteiger partial charge < -0.3 is 4.74 Å². The topological polar surface area (TPSA) is 52.6 Å². The Morgan fingerprint density at radius 2 is 1.94 bits per heavy atom. The van der Waals surface area contributed by atoms with Crippen molar-refractivity contribution in [2.45, 2.75) is 31.5 Å². The second kappa shape index (κ2) is 6.55. The van der Waals surface area contributed by atoms with E-state index < -0.39 is 16.4 Å². The van der Waals surface area contributed by atoms with E-state index in [-0.39, 0.29) is 11.5 Å². The SMILES string of the molecule is C#CCOC(CC)OS(=O)(=O)c1ccc(C)cc1. The van der Waals surface area contributed by atoms with Gasteiger partial charge in [0.25, 0.3) is 10.1 Å². The van der Waals surface area contributed by atoms with Crippen LogP contribution in [-0.4, -0.2) is 21.3 Å². The van der Waals surface area contributed by atoms with Gasteiger partial charge >= 0.3 is 0 Å². The molecule has 0 heterocycles. The van der Waals surface area contributed by atoms with Crippen molar-refractivity contribution in [3.05, 3.63) is 29.8 Å². The second-order valence-corrected chi connectivity index (χ2v) is 5.29. The van der Waals surface area contributed by atoms with Crippen molar-refractivity contribution in [3.63, 3.8) is 0 Å². The molecule has 0 aliphatic carbocycles. The van der Waals surface area contributed by atoms with Crippen molar-refractivity contribution < 1.29 is 17.3 Å². The molecule has 0 saturated heterocycles. The summed E-state index contributed by atoms with van der Waals surface area (Å²) >= 11 is 0. The van der Waals surface area contributed by atoms with E-state index in [1.54, 1.807) is 19.1 Å². The van der Waals surface area contributed by atoms with Gasteiger partial charge in [0.15, 0.2) is 6.29 Å². The number of ether oxygens (including phenoxy) is 1. The molecule has 0 spiro atoms. The lowest BCUT2D eigenvalue weighted by molar-refractivity contribution is -0.0644. The van der Waals surface area contributed by atoms with Gasteiger partial charge in [0, 0.05) is 0 Å². The van der Waals surface area contributed by atoms with Crippen molar-refractivity contribution in [2.75, 3.05) is 6.61 Å². The molecule has 1 rings (SSSR count). The Morgan fingerprint density at radius 3 is 2.44 bits per heavy atom. The maximum absolute atomic E-state index is 11.9. The van der Waals surface area contributed by atoms with E-state index in [2.05, 4.69) is 5.92 Å². The molecule has 1 aromatic rings. The first-order chi connectivity index (χ1) is 8.49. The first kappa shape index (κ1) is 14.7. The molecule has 18 heavy (non-hydrogen) atoms. The third kappa shape index (κ3) is 4.15. The molecule has 1 aromatic carbocycles. The van der Waals surface area contributed by atoms with Gasteiger partial charge in [0.1, 0.15) is 6.61 Å². The van der Waals surface area contributed by atoms with Gasteiger partial charge in [-0.05, 0) is 25.5 Å². The number of benzene rings is 1. The van der Waals surface area contributed by atoms with Crippen molar-refractivity contribution in [3.8, 4) is 12.3 Å². The Labute approximate surface area is 108 Å². The average molecular weight is 268 g/mol. The van der Waals surface area contributed by atoms with Crippen LogP contribution in [-0.2, 0) is 19.0 Å². The Bertz CT molecular complexity index is 511. The molecular weight excluding hydrogens is 252 g/mol. The van der Waals surface area contributed by atoms with Crippen LogP contribution in [0.3, 0.4) is 0 Å². The molecule has 1 atom stereocenters. The van der Waals surface area contributed by atoms with Crippen molar-refractivity contribution in [1.29, 1.82) is 0 Å². The van der Waals surface area contributed by atoms with Gasteiger partial charge in [-0.2, -0.15) is 8.42 Å². The molecule has 0 amide bonds. The summed E-state index contributed by atoms with van der Waals surface area (Å²) in [5, 5.41) is 0. The van der Waals surface area contributed by atoms with E-state index in [4.69, 9.17) is 15.3 Å². The maximum atomic E-state index is 11.9. The lowest BCUT2D eigenvalue weighted by atomic mass is 10.2. The van der Waals surface area contributed by atoms with Crippen molar-refractivity contribution >= 4 is 10.1 Å². The molecule has 0 aliphatic rings. The van der Waals surface area contributed by atoms with Gasteiger partial charge in [-0.1, -0.05) is 30.5 Å². The van der Waals surface area contributed by atoms with Gasteiger partial charge in [-0.3, -0.25) is 0 Å². The number of hydrogen-bond acceptors (Lipinski definition) is 4. The Morgan fingerprint density at radius 1 is 1.33 bits per heavy atom. The maximum Gasteiger partial charge on any atom is 0.299 e. The zero-order valence-corrected chi connectivity index (χ0v) is 11.2. The van der Waals surface area contributed by atoms with Crippen LogP contribution in [0.15, 0.2) is 29.2 Å². The van der Waals surface area contributed by atoms with Crippen LogP contribution in [0.1, 0.15) is 18.9 Å². The van der Waals surface area contributed by atoms with E-state index >= 15 is 0 Å². The van der Waals surface area contributed by atoms with Crippen LogP contribution < -0.4 is 0 Å². The molecule has 4 nitrogen and oxygen atoms in total. The molecule has 0 bridgehead atoms. The standard InChI is InChI=1S/C13H16O4S/c1-4-10-16-13(5-2)17-18(14,15)12-8-6-11(3)7-9-12/h1,6-9,13H,5,10H2,2-3H3. The number of terminal acetylenes is 1. The first-order valence-corrected chi connectivity index (χ1v) is 6.95. The third-order valence-corrected chi connectivity index (χ3v) is 3.55. The fourth-order valence-electron chi connectivity index (χ4n) is 1.26. The monoisotopic (exact) mass is 268 g/mol. The summed E-state index contributed by atoms with van der Waals surface area (Å²) in [5.74, 6) is 2.27. The summed E-state index contributed by atoms with van der Waals surface area (Å²) in [6, 6.07) is 6.41. The van der Waals surface area contributed by atoms with Crippen molar-refractivity contribution in [2.24, 2.45) is 0 Å². The molecule has 98 valence electrons. The van der Waals surface area contributed by atoms with Crippen LogP contribution in [0.25, 0.3) is 0 Å². The fraction of sp³-hybridized carbons (Fsp3) is 0.385. The molecule has 5 heteroatoms. The summed E-state index contributed by atoms with van der Waals surface area (Å²) in [6.45, 7) is 3.65. The van der Waals surface area contributed by atoms with E-state index in [1.165, 1.54) is 12.1 Å². The lowest BCUT2D eigenvalue weighted by Gasteiger charge is -2.15. The zero-order valence-electron chi connectivity index (χ0n) is 10.4. The van der Waals surface area contributed by atoms with Crippen LogP contribution in [0, 0.1) is 19.3 Å². The molecule has 0 radical (unpaired) electrons. The third-order valence-electron chi connectivity index (χ3n) is 2.23.